The minimum absolute atomic E-state index is 0.261. The summed E-state index contributed by atoms with van der Waals surface area (Å²) in [7, 11) is 0. The SMILES string of the molecule is O=C(C=Cc1ccccc1)Nc1ncnc2nc[nH]c12. The second-order valence-corrected chi connectivity index (χ2v) is 4.06. The zero-order valence-corrected chi connectivity index (χ0v) is 10.4. The number of hydrogen-bond donors (Lipinski definition) is 2. The second kappa shape index (κ2) is 5.31. The number of carbonyl (C=O) groups excluding carboxylic acids is 1. The molecule has 0 atom stereocenters. The minimum atomic E-state index is -0.261. The summed E-state index contributed by atoms with van der Waals surface area (Å²) in [5, 5.41) is 2.69. The van der Waals surface area contributed by atoms with Crippen molar-refractivity contribution < 1.29 is 4.79 Å². The Morgan fingerprint density at radius 1 is 1.15 bits per heavy atom. The van der Waals surface area contributed by atoms with E-state index in [0.29, 0.717) is 17.0 Å². The number of hydrogen-bond acceptors (Lipinski definition) is 4. The summed E-state index contributed by atoms with van der Waals surface area (Å²) in [4.78, 5) is 26.8. The van der Waals surface area contributed by atoms with Crippen molar-refractivity contribution in [3.8, 4) is 0 Å². The maximum atomic E-state index is 11.9. The molecule has 1 aromatic carbocycles. The van der Waals surface area contributed by atoms with Crippen LogP contribution in [0.4, 0.5) is 5.82 Å². The molecule has 2 aromatic heterocycles. The van der Waals surface area contributed by atoms with Crippen LogP contribution in [0.5, 0.6) is 0 Å². The molecular formula is C14H11N5O. The lowest BCUT2D eigenvalue weighted by Gasteiger charge is -2.01. The Bertz CT molecular complexity index is 763. The van der Waals surface area contributed by atoms with Crippen LogP contribution in [0.25, 0.3) is 17.2 Å². The van der Waals surface area contributed by atoms with Gasteiger partial charge in [0.2, 0.25) is 5.91 Å². The highest BCUT2D eigenvalue weighted by Gasteiger charge is 2.07. The average molecular weight is 265 g/mol. The molecular weight excluding hydrogens is 254 g/mol. The van der Waals surface area contributed by atoms with Crippen molar-refractivity contribution in [2.75, 3.05) is 5.32 Å². The maximum absolute atomic E-state index is 11.9. The number of amides is 1. The number of benzene rings is 1. The lowest BCUT2D eigenvalue weighted by Crippen LogP contribution is -2.09. The number of rotatable bonds is 3. The van der Waals surface area contributed by atoms with E-state index in [-0.39, 0.29) is 5.91 Å². The third kappa shape index (κ3) is 2.54. The summed E-state index contributed by atoms with van der Waals surface area (Å²) in [6, 6.07) is 9.59. The standard InChI is InChI=1S/C14H11N5O/c20-11(7-6-10-4-2-1-3-5-10)19-14-12-13(16-8-15-12)17-9-18-14/h1-9H,(H2,15,16,17,18,19,20). The quantitative estimate of drug-likeness (QED) is 0.709. The van der Waals surface area contributed by atoms with E-state index in [9.17, 15) is 4.79 Å². The first-order valence-corrected chi connectivity index (χ1v) is 6.01. The molecule has 3 rings (SSSR count). The summed E-state index contributed by atoms with van der Waals surface area (Å²) in [6.45, 7) is 0. The van der Waals surface area contributed by atoms with Crippen molar-refractivity contribution in [2.24, 2.45) is 0 Å². The van der Waals surface area contributed by atoms with Gasteiger partial charge >= 0.3 is 0 Å². The molecule has 0 bridgehead atoms. The second-order valence-electron chi connectivity index (χ2n) is 4.06. The van der Waals surface area contributed by atoms with E-state index in [1.165, 1.54) is 18.7 Å². The molecule has 1 amide bonds. The van der Waals surface area contributed by atoms with Gasteiger partial charge in [0.05, 0.1) is 6.33 Å². The zero-order chi connectivity index (χ0) is 13.8. The van der Waals surface area contributed by atoms with Gasteiger partial charge in [-0.1, -0.05) is 30.3 Å². The summed E-state index contributed by atoms with van der Waals surface area (Å²) >= 11 is 0. The monoisotopic (exact) mass is 265 g/mol. The third-order valence-electron chi connectivity index (χ3n) is 2.69. The molecule has 6 heteroatoms. The molecule has 0 aliphatic carbocycles. The number of anilines is 1. The Kier molecular flexibility index (Phi) is 3.20. The molecule has 6 nitrogen and oxygen atoms in total. The Morgan fingerprint density at radius 3 is 2.85 bits per heavy atom. The highest BCUT2D eigenvalue weighted by Crippen LogP contribution is 2.14. The number of fused-ring (bicyclic) bond motifs is 1. The van der Waals surface area contributed by atoms with Crippen LogP contribution in [0.3, 0.4) is 0 Å². The van der Waals surface area contributed by atoms with Gasteiger partial charge in [-0.3, -0.25) is 4.79 Å². The van der Waals surface area contributed by atoms with Crippen molar-refractivity contribution in [3.05, 3.63) is 54.6 Å². The summed E-state index contributed by atoms with van der Waals surface area (Å²) in [5.74, 6) is 0.152. The van der Waals surface area contributed by atoms with Crippen LogP contribution in [-0.2, 0) is 4.79 Å². The summed E-state index contributed by atoms with van der Waals surface area (Å²) in [5.41, 5.74) is 2.08. The molecule has 0 saturated heterocycles. The fourth-order valence-corrected chi connectivity index (χ4v) is 1.75. The number of aromatic nitrogens is 4. The number of nitrogens with one attached hydrogen (secondary N) is 2. The van der Waals surface area contributed by atoms with Gasteiger partial charge in [0.1, 0.15) is 11.8 Å². The van der Waals surface area contributed by atoms with Crippen LogP contribution >= 0.6 is 0 Å². The van der Waals surface area contributed by atoms with Crippen molar-refractivity contribution in [2.45, 2.75) is 0 Å². The summed E-state index contributed by atoms with van der Waals surface area (Å²) < 4.78 is 0. The first kappa shape index (κ1) is 12.0. The normalized spacial score (nSPS) is 11.0. The largest absolute Gasteiger partial charge is 0.340 e. The number of aromatic amines is 1. The van der Waals surface area contributed by atoms with Crippen molar-refractivity contribution >= 4 is 29.0 Å². The smallest absolute Gasteiger partial charge is 0.249 e. The van der Waals surface area contributed by atoms with E-state index in [2.05, 4.69) is 25.3 Å². The van der Waals surface area contributed by atoms with Gasteiger partial charge < -0.3 is 10.3 Å². The molecule has 0 unspecified atom stereocenters. The molecule has 0 saturated carbocycles. The van der Waals surface area contributed by atoms with Gasteiger partial charge in [0.15, 0.2) is 11.5 Å². The predicted molar refractivity (Wildman–Crippen MR) is 75.8 cm³/mol. The molecule has 0 spiro atoms. The van der Waals surface area contributed by atoms with Gasteiger partial charge in [-0.15, -0.1) is 0 Å². The number of H-pyrrole nitrogens is 1. The Balaban J connectivity index is 1.76. The molecule has 20 heavy (non-hydrogen) atoms. The van der Waals surface area contributed by atoms with Gasteiger partial charge in [-0.05, 0) is 11.6 Å². The third-order valence-corrected chi connectivity index (χ3v) is 2.69. The summed E-state index contributed by atoms with van der Waals surface area (Å²) in [6.07, 6.45) is 6.06. The minimum Gasteiger partial charge on any atom is -0.340 e. The van der Waals surface area contributed by atoms with Crippen LogP contribution in [-0.4, -0.2) is 25.8 Å². The first-order chi connectivity index (χ1) is 9.83. The topological polar surface area (TPSA) is 83.6 Å². The molecule has 0 fully saturated rings. The van der Waals surface area contributed by atoms with E-state index < -0.39 is 0 Å². The van der Waals surface area contributed by atoms with Crippen molar-refractivity contribution in [1.29, 1.82) is 0 Å². The van der Waals surface area contributed by atoms with Gasteiger partial charge in [-0.25, -0.2) is 15.0 Å². The Hall–Kier alpha value is -3.02. The van der Waals surface area contributed by atoms with Crippen LogP contribution in [0.15, 0.2) is 49.1 Å². The molecule has 2 heterocycles. The molecule has 3 aromatic rings. The van der Waals surface area contributed by atoms with Crippen LogP contribution < -0.4 is 5.32 Å². The first-order valence-electron chi connectivity index (χ1n) is 6.01. The van der Waals surface area contributed by atoms with Gasteiger partial charge in [0, 0.05) is 6.08 Å². The molecule has 0 aliphatic heterocycles. The highest BCUT2D eigenvalue weighted by atomic mass is 16.1. The molecule has 98 valence electrons. The van der Waals surface area contributed by atoms with Crippen molar-refractivity contribution in [3.63, 3.8) is 0 Å². The fraction of sp³-hybridized carbons (Fsp3) is 0. The van der Waals surface area contributed by atoms with E-state index in [1.54, 1.807) is 6.08 Å². The molecule has 2 N–H and O–H groups in total. The lowest BCUT2D eigenvalue weighted by molar-refractivity contribution is -0.111. The van der Waals surface area contributed by atoms with E-state index in [0.717, 1.165) is 5.56 Å². The van der Waals surface area contributed by atoms with Crippen LogP contribution in [0.2, 0.25) is 0 Å². The molecule has 0 radical (unpaired) electrons. The maximum Gasteiger partial charge on any atom is 0.249 e. The van der Waals surface area contributed by atoms with Crippen molar-refractivity contribution in [1.82, 2.24) is 19.9 Å². The van der Waals surface area contributed by atoms with Gasteiger partial charge in [0.25, 0.3) is 0 Å². The Morgan fingerprint density at radius 2 is 2.00 bits per heavy atom. The zero-order valence-electron chi connectivity index (χ0n) is 10.4. The lowest BCUT2D eigenvalue weighted by atomic mass is 10.2. The number of imidazole rings is 1. The van der Waals surface area contributed by atoms with E-state index in [4.69, 9.17) is 0 Å². The van der Waals surface area contributed by atoms with Crippen LogP contribution in [0, 0.1) is 0 Å². The fourth-order valence-electron chi connectivity index (χ4n) is 1.75. The predicted octanol–water partition coefficient (Wildman–Crippen LogP) is 2.00. The highest BCUT2D eigenvalue weighted by molar-refractivity contribution is 6.04. The van der Waals surface area contributed by atoms with Gasteiger partial charge in [-0.2, -0.15) is 0 Å². The van der Waals surface area contributed by atoms with Crippen LogP contribution in [0.1, 0.15) is 5.56 Å². The van der Waals surface area contributed by atoms with E-state index >= 15 is 0 Å². The number of carbonyl (C=O) groups is 1. The average Bonchev–Trinajstić information content (AvgIpc) is 2.96. The number of nitrogens with zero attached hydrogens (tertiary/aromatic N) is 3. The Labute approximate surface area is 114 Å². The molecule has 0 aliphatic rings. The van der Waals surface area contributed by atoms with E-state index in [1.807, 2.05) is 30.3 Å².